The summed E-state index contributed by atoms with van der Waals surface area (Å²) in [4.78, 5) is 23.4. The lowest BCUT2D eigenvalue weighted by Gasteiger charge is -2.42. The molecule has 18 heteroatoms. The minimum Gasteiger partial charge on any atom is -0.390 e. The van der Waals surface area contributed by atoms with E-state index in [9.17, 15) is 10.2 Å². The molecule has 12 nitrogen and oxygen atoms in total. The lowest BCUT2D eigenvalue weighted by Crippen LogP contribution is -2.50. The fourth-order valence-electron chi connectivity index (χ4n) is 7.15. The minimum absolute atomic E-state index is 0. The molecule has 4 aromatic rings. The lowest BCUT2D eigenvalue weighted by molar-refractivity contribution is 0.0974. The SMILES string of the molecule is CC1(C)CCN(c2ccc(Sc3ccnc(N)c3Cl)nc2CO)CC1.C[C@@H]1OCC2(CCN(c3ccc(Sc4ccnc(N)c4Cl)nc3CO)CC2)[C@@H]1N.S.S. The van der Waals surface area contributed by atoms with Gasteiger partial charge in [0.1, 0.15) is 21.7 Å². The monoisotopic (exact) mass is 881 g/mol. The Hall–Kier alpha value is -2.38. The number of rotatable bonds is 8. The summed E-state index contributed by atoms with van der Waals surface area (Å²) in [5.41, 5.74) is 21.7. The molecule has 0 aromatic carbocycles. The number of hydrogen-bond donors (Lipinski definition) is 5. The van der Waals surface area contributed by atoms with E-state index in [1.165, 1.54) is 23.5 Å². The van der Waals surface area contributed by atoms with Gasteiger partial charge in [0.05, 0.1) is 58.7 Å². The second-order valence-electron chi connectivity index (χ2n) is 14.8. The summed E-state index contributed by atoms with van der Waals surface area (Å²) in [5, 5.41) is 22.1. The normalized spacial score (nSPS) is 19.8. The number of piperidine rings is 2. The number of ether oxygens (including phenoxy) is 1. The van der Waals surface area contributed by atoms with Crippen LogP contribution < -0.4 is 27.0 Å². The van der Waals surface area contributed by atoms with E-state index in [2.05, 4.69) is 50.5 Å². The Morgan fingerprint density at radius 3 is 1.57 bits per heavy atom. The fourth-order valence-corrected chi connectivity index (χ4v) is 9.29. The van der Waals surface area contributed by atoms with E-state index in [0.717, 1.165) is 89.7 Å². The Morgan fingerprint density at radius 2 is 1.18 bits per heavy atom. The van der Waals surface area contributed by atoms with E-state index in [1.54, 1.807) is 18.5 Å². The zero-order valence-electron chi connectivity index (χ0n) is 31.8. The summed E-state index contributed by atoms with van der Waals surface area (Å²) in [6.07, 6.45) is 7.59. The van der Waals surface area contributed by atoms with Crippen LogP contribution in [0.4, 0.5) is 23.0 Å². The molecule has 0 amide bonds. The molecule has 4 aromatic heterocycles. The van der Waals surface area contributed by atoms with Gasteiger partial charge in [0.15, 0.2) is 0 Å². The first kappa shape index (κ1) is 46.3. The standard InChI is InChI=1S/C20H26ClN5O2S.C18H23ClN4OS.2H2S/c1-12-18(22)20(11-28-12)5-8-26(9-6-20)14-2-3-16(25-13(14)10-27)29-15-4-7-24-19(23)17(15)21;1-18(2)6-9-23(10-7-18)13-3-4-15(22-12(13)11-24)25-14-5-8-21-17(20)16(14)19;;/h2-4,7,12,18,27H,5-6,8-11,22H2,1H3,(H2,23,24);3-5,8,24H,6-7,9-11H2,1-2H3,(H2,20,21);2*1H2/t12-,18+;;;/m0.../s1. The quantitative estimate of drug-likeness (QED) is 0.123. The molecule has 0 bridgehead atoms. The Balaban J connectivity index is 0.000000243. The average Bonchev–Trinajstić information content (AvgIpc) is 3.44. The number of aliphatic hydroxyl groups excluding tert-OH is 2. The Labute approximate surface area is 362 Å². The molecule has 3 aliphatic heterocycles. The van der Waals surface area contributed by atoms with Crippen molar-refractivity contribution >= 4 is 96.7 Å². The molecule has 0 radical (unpaired) electrons. The van der Waals surface area contributed by atoms with E-state index in [4.69, 9.17) is 45.1 Å². The van der Waals surface area contributed by atoms with Gasteiger partial charge in [-0.3, -0.25) is 0 Å². The number of nitrogen functional groups attached to an aromatic ring is 2. The van der Waals surface area contributed by atoms with E-state index in [-0.39, 0.29) is 57.8 Å². The highest BCUT2D eigenvalue weighted by atomic mass is 35.5. The summed E-state index contributed by atoms with van der Waals surface area (Å²) in [7, 11) is 0. The molecule has 7 heterocycles. The molecule has 2 atom stereocenters. The zero-order chi connectivity index (χ0) is 38.6. The molecular weight excluding hydrogens is 830 g/mol. The van der Waals surface area contributed by atoms with Gasteiger partial charge in [-0.15, -0.1) is 0 Å². The number of aliphatic hydroxyl groups is 2. The van der Waals surface area contributed by atoms with Crippen LogP contribution in [0.15, 0.2) is 68.6 Å². The number of pyridine rings is 4. The van der Waals surface area contributed by atoms with Crippen molar-refractivity contribution in [3.63, 3.8) is 0 Å². The van der Waals surface area contributed by atoms with Gasteiger partial charge in [0, 0.05) is 59.8 Å². The summed E-state index contributed by atoms with van der Waals surface area (Å²) in [6.45, 7) is 10.9. The summed E-state index contributed by atoms with van der Waals surface area (Å²) < 4.78 is 5.81. The highest BCUT2D eigenvalue weighted by Gasteiger charge is 2.47. The highest BCUT2D eigenvalue weighted by molar-refractivity contribution is 7.99. The van der Waals surface area contributed by atoms with Gasteiger partial charge in [-0.1, -0.05) is 60.6 Å². The topological polar surface area (TPSA) is 186 Å². The number of halogens is 2. The predicted molar refractivity (Wildman–Crippen MR) is 239 cm³/mol. The maximum Gasteiger partial charge on any atom is 0.143 e. The fraction of sp³-hybridized carbons (Fsp3) is 0.474. The van der Waals surface area contributed by atoms with E-state index in [0.29, 0.717) is 38.5 Å². The van der Waals surface area contributed by atoms with Crippen molar-refractivity contribution in [3.8, 4) is 0 Å². The molecule has 1 spiro atoms. The Bertz CT molecular complexity index is 1930. The van der Waals surface area contributed by atoms with Crippen LogP contribution in [0.5, 0.6) is 0 Å². The number of nitrogens with zero attached hydrogens (tertiary/aromatic N) is 6. The van der Waals surface area contributed by atoms with E-state index >= 15 is 0 Å². The molecule has 7 rings (SSSR count). The molecule has 3 fully saturated rings. The first-order valence-corrected chi connectivity index (χ1v) is 20.5. The third-order valence-electron chi connectivity index (χ3n) is 10.7. The smallest absolute Gasteiger partial charge is 0.143 e. The number of anilines is 4. The first-order chi connectivity index (χ1) is 25.8. The maximum atomic E-state index is 9.93. The molecule has 0 saturated carbocycles. The number of hydrogen-bond acceptors (Lipinski definition) is 14. The third-order valence-corrected chi connectivity index (χ3v) is 13.8. The third kappa shape index (κ3) is 10.6. The number of nitrogens with two attached hydrogens (primary N) is 3. The Kier molecular flexibility index (Phi) is 16.6. The summed E-state index contributed by atoms with van der Waals surface area (Å²) in [6, 6.07) is 11.7. The summed E-state index contributed by atoms with van der Waals surface area (Å²) >= 11 is 15.3. The van der Waals surface area contributed by atoms with Crippen LogP contribution in [-0.4, -0.2) is 75.1 Å². The number of aromatic nitrogens is 4. The second-order valence-corrected chi connectivity index (χ2v) is 17.7. The Morgan fingerprint density at radius 1 is 0.750 bits per heavy atom. The molecule has 0 unspecified atom stereocenters. The van der Waals surface area contributed by atoms with Crippen molar-refractivity contribution in [1.82, 2.24) is 19.9 Å². The van der Waals surface area contributed by atoms with Crippen LogP contribution in [0.3, 0.4) is 0 Å². The maximum absolute atomic E-state index is 9.93. The molecule has 56 heavy (non-hydrogen) atoms. The van der Waals surface area contributed by atoms with Gasteiger partial charge in [-0.25, -0.2) is 19.9 Å². The summed E-state index contributed by atoms with van der Waals surface area (Å²) in [5.74, 6) is 0.600. The van der Waals surface area contributed by atoms with Gasteiger partial charge >= 0.3 is 0 Å². The first-order valence-electron chi connectivity index (χ1n) is 18.1. The van der Waals surface area contributed by atoms with Crippen LogP contribution in [0.2, 0.25) is 10.0 Å². The highest BCUT2D eigenvalue weighted by Crippen LogP contribution is 2.43. The van der Waals surface area contributed by atoms with Gasteiger partial charge < -0.3 is 42.0 Å². The molecule has 3 aliphatic rings. The minimum atomic E-state index is -0.128. The van der Waals surface area contributed by atoms with Crippen molar-refractivity contribution < 1.29 is 14.9 Å². The van der Waals surface area contributed by atoms with Gasteiger partial charge in [-0.05, 0) is 74.4 Å². The van der Waals surface area contributed by atoms with Gasteiger partial charge in [0.25, 0.3) is 0 Å². The van der Waals surface area contributed by atoms with Gasteiger partial charge in [0.2, 0.25) is 0 Å². The van der Waals surface area contributed by atoms with Crippen LogP contribution in [0, 0.1) is 10.8 Å². The van der Waals surface area contributed by atoms with Crippen molar-refractivity contribution in [2.24, 2.45) is 16.6 Å². The largest absolute Gasteiger partial charge is 0.390 e. The molecule has 306 valence electrons. The van der Waals surface area contributed by atoms with Crippen LogP contribution in [0.1, 0.15) is 57.8 Å². The van der Waals surface area contributed by atoms with Crippen molar-refractivity contribution in [2.45, 2.75) is 91.7 Å². The molecule has 8 N–H and O–H groups in total. The molecule has 3 saturated heterocycles. The van der Waals surface area contributed by atoms with Gasteiger partial charge in [-0.2, -0.15) is 27.0 Å². The molecule has 0 aliphatic carbocycles. The molecular formula is C38H53Cl2N9O3S4. The van der Waals surface area contributed by atoms with Crippen molar-refractivity contribution in [2.75, 3.05) is 54.1 Å². The van der Waals surface area contributed by atoms with Crippen LogP contribution >= 0.6 is 73.7 Å². The lowest BCUT2D eigenvalue weighted by atomic mass is 9.73. The van der Waals surface area contributed by atoms with Crippen LogP contribution in [0.25, 0.3) is 0 Å². The second kappa shape index (κ2) is 20.1. The van der Waals surface area contributed by atoms with Crippen molar-refractivity contribution in [3.05, 3.63) is 70.2 Å². The van der Waals surface area contributed by atoms with Crippen LogP contribution in [-0.2, 0) is 18.0 Å². The van der Waals surface area contributed by atoms with Crippen molar-refractivity contribution in [1.29, 1.82) is 0 Å². The van der Waals surface area contributed by atoms with E-state index in [1.807, 2.05) is 30.3 Å². The predicted octanol–water partition coefficient (Wildman–Crippen LogP) is 6.90. The zero-order valence-corrected chi connectivity index (χ0v) is 37.0. The average molecular weight is 883 g/mol. The van der Waals surface area contributed by atoms with E-state index < -0.39 is 0 Å².